The van der Waals surface area contributed by atoms with Crippen LogP contribution in [0.25, 0.3) is 0 Å². The predicted octanol–water partition coefficient (Wildman–Crippen LogP) is 0.394. The summed E-state index contributed by atoms with van der Waals surface area (Å²) in [6, 6.07) is 3.89. The van der Waals surface area contributed by atoms with Gasteiger partial charge in [-0.25, -0.2) is 5.84 Å². The van der Waals surface area contributed by atoms with E-state index in [9.17, 15) is 4.79 Å². The molecule has 3 N–H and O–H groups in total. The molecule has 1 aromatic rings. The summed E-state index contributed by atoms with van der Waals surface area (Å²) < 4.78 is 0. The molecule has 0 saturated carbocycles. The van der Waals surface area contributed by atoms with Crippen LogP contribution in [0.4, 0.5) is 0 Å². The van der Waals surface area contributed by atoms with Gasteiger partial charge < -0.3 is 0 Å². The van der Waals surface area contributed by atoms with Gasteiger partial charge in [-0.1, -0.05) is 0 Å². The van der Waals surface area contributed by atoms with Gasteiger partial charge in [0.25, 0.3) is 0 Å². The first-order valence-corrected chi connectivity index (χ1v) is 4.21. The summed E-state index contributed by atoms with van der Waals surface area (Å²) in [5.74, 6) is 4.83. The Hall–Kier alpha value is -1.42. The van der Waals surface area contributed by atoms with Crippen molar-refractivity contribution in [1.82, 2.24) is 10.4 Å². The Labute approximate surface area is 77.1 Å². The predicted molar refractivity (Wildman–Crippen MR) is 49.5 cm³/mol. The van der Waals surface area contributed by atoms with Crippen LogP contribution in [0.2, 0.25) is 0 Å². The summed E-state index contributed by atoms with van der Waals surface area (Å²) in [7, 11) is 0. The Kier molecular flexibility index (Phi) is 3.92. The van der Waals surface area contributed by atoms with Crippen LogP contribution in [0.5, 0.6) is 0 Å². The minimum absolute atomic E-state index is 0.117. The molecule has 1 rings (SSSR count). The molecule has 70 valence electrons. The van der Waals surface area contributed by atoms with Crippen molar-refractivity contribution in [1.29, 1.82) is 0 Å². The fourth-order valence-electron chi connectivity index (χ4n) is 1.07. The number of nitrogens with one attached hydrogen (secondary N) is 1. The third-order valence-electron chi connectivity index (χ3n) is 1.78. The summed E-state index contributed by atoms with van der Waals surface area (Å²) in [5, 5.41) is 0. The average molecular weight is 179 g/mol. The smallest absolute Gasteiger partial charge is 0.233 e. The van der Waals surface area contributed by atoms with Crippen LogP contribution in [0.1, 0.15) is 18.4 Å². The number of aromatic nitrogens is 1. The minimum atomic E-state index is -0.117. The zero-order valence-corrected chi connectivity index (χ0v) is 7.36. The summed E-state index contributed by atoms with van der Waals surface area (Å²) in [6.45, 7) is 0. The summed E-state index contributed by atoms with van der Waals surface area (Å²) >= 11 is 0. The second-order valence-electron chi connectivity index (χ2n) is 2.78. The number of hydrazine groups is 1. The number of rotatable bonds is 4. The number of amides is 1. The van der Waals surface area contributed by atoms with Gasteiger partial charge in [0.05, 0.1) is 0 Å². The van der Waals surface area contributed by atoms with E-state index in [0.29, 0.717) is 6.42 Å². The molecule has 0 saturated heterocycles. The lowest BCUT2D eigenvalue weighted by Crippen LogP contribution is -2.29. The van der Waals surface area contributed by atoms with Crippen LogP contribution in [0.15, 0.2) is 24.5 Å². The molecule has 1 aromatic heterocycles. The van der Waals surface area contributed by atoms with Crippen molar-refractivity contribution < 1.29 is 4.79 Å². The van der Waals surface area contributed by atoms with Crippen molar-refractivity contribution in [3.05, 3.63) is 30.1 Å². The van der Waals surface area contributed by atoms with Gasteiger partial charge in [-0.3, -0.25) is 15.2 Å². The monoisotopic (exact) mass is 179 g/mol. The van der Waals surface area contributed by atoms with Crippen LogP contribution in [0.3, 0.4) is 0 Å². The average Bonchev–Trinajstić information content (AvgIpc) is 2.19. The van der Waals surface area contributed by atoms with Crippen LogP contribution < -0.4 is 11.3 Å². The SMILES string of the molecule is NNC(=O)CCCc1ccncc1. The van der Waals surface area contributed by atoms with E-state index in [1.807, 2.05) is 12.1 Å². The molecule has 0 unspecified atom stereocenters. The minimum Gasteiger partial charge on any atom is -0.294 e. The molecule has 0 aliphatic carbocycles. The van der Waals surface area contributed by atoms with Crippen LogP contribution >= 0.6 is 0 Å². The van der Waals surface area contributed by atoms with E-state index in [1.54, 1.807) is 12.4 Å². The van der Waals surface area contributed by atoms with E-state index < -0.39 is 0 Å². The zero-order chi connectivity index (χ0) is 9.52. The van der Waals surface area contributed by atoms with E-state index in [2.05, 4.69) is 10.4 Å². The number of hydrogen-bond acceptors (Lipinski definition) is 3. The molecule has 0 radical (unpaired) electrons. The Morgan fingerprint density at radius 2 is 2.15 bits per heavy atom. The van der Waals surface area contributed by atoms with E-state index in [0.717, 1.165) is 12.8 Å². The van der Waals surface area contributed by atoms with Crippen molar-refractivity contribution in [2.45, 2.75) is 19.3 Å². The Bertz CT molecular complexity index is 261. The quantitative estimate of drug-likeness (QED) is 0.399. The third kappa shape index (κ3) is 3.66. The maximum Gasteiger partial charge on any atom is 0.233 e. The van der Waals surface area contributed by atoms with Crippen molar-refractivity contribution >= 4 is 5.91 Å². The molecule has 13 heavy (non-hydrogen) atoms. The molecular weight excluding hydrogens is 166 g/mol. The Morgan fingerprint density at radius 1 is 1.46 bits per heavy atom. The topological polar surface area (TPSA) is 68.0 Å². The lowest BCUT2D eigenvalue weighted by molar-refractivity contribution is -0.121. The molecule has 0 bridgehead atoms. The van der Waals surface area contributed by atoms with Gasteiger partial charge in [-0.15, -0.1) is 0 Å². The number of pyridine rings is 1. The zero-order valence-electron chi connectivity index (χ0n) is 7.36. The Balaban J connectivity index is 2.24. The normalized spacial score (nSPS) is 9.62. The standard InChI is InChI=1S/C9H13N3O/c10-12-9(13)3-1-2-8-4-6-11-7-5-8/h4-7H,1-3,10H2,(H,12,13). The molecule has 0 fully saturated rings. The molecule has 0 spiro atoms. The third-order valence-corrected chi connectivity index (χ3v) is 1.78. The first-order chi connectivity index (χ1) is 6.33. The molecule has 1 amide bonds. The number of carbonyl (C=O) groups is 1. The Morgan fingerprint density at radius 3 is 2.77 bits per heavy atom. The summed E-state index contributed by atoms with van der Waals surface area (Å²) in [4.78, 5) is 14.7. The van der Waals surface area contributed by atoms with Crippen molar-refractivity contribution in [2.75, 3.05) is 0 Å². The van der Waals surface area contributed by atoms with E-state index >= 15 is 0 Å². The molecule has 0 atom stereocenters. The number of nitrogens with zero attached hydrogens (tertiary/aromatic N) is 1. The van der Waals surface area contributed by atoms with Gasteiger partial charge in [-0.2, -0.15) is 0 Å². The highest BCUT2D eigenvalue weighted by Gasteiger charge is 1.98. The van der Waals surface area contributed by atoms with Gasteiger partial charge in [0.2, 0.25) is 5.91 Å². The van der Waals surface area contributed by atoms with Gasteiger partial charge >= 0.3 is 0 Å². The van der Waals surface area contributed by atoms with Crippen LogP contribution in [-0.2, 0) is 11.2 Å². The molecule has 0 aliphatic heterocycles. The summed E-state index contributed by atoms with van der Waals surface area (Å²) in [5.41, 5.74) is 3.29. The number of nitrogens with two attached hydrogens (primary N) is 1. The molecule has 0 aromatic carbocycles. The van der Waals surface area contributed by atoms with Crippen molar-refractivity contribution in [2.24, 2.45) is 5.84 Å². The van der Waals surface area contributed by atoms with E-state index in [4.69, 9.17) is 5.84 Å². The molecule has 4 heteroatoms. The molecule has 0 aliphatic rings. The lowest BCUT2D eigenvalue weighted by atomic mass is 10.1. The van der Waals surface area contributed by atoms with Gasteiger partial charge in [0.15, 0.2) is 0 Å². The van der Waals surface area contributed by atoms with Gasteiger partial charge in [0, 0.05) is 18.8 Å². The van der Waals surface area contributed by atoms with E-state index in [1.165, 1.54) is 5.56 Å². The van der Waals surface area contributed by atoms with Crippen LogP contribution in [0, 0.1) is 0 Å². The van der Waals surface area contributed by atoms with E-state index in [-0.39, 0.29) is 5.91 Å². The maximum absolute atomic E-state index is 10.8. The highest BCUT2D eigenvalue weighted by atomic mass is 16.2. The van der Waals surface area contributed by atoms with Crippen molar-refractivity contribution in [3.63, 3.8) is 0 Å². The largest absolute Gasteiger partial charge is 0.294 e. The highest BCUT2D eigenvalue weighted by molar-refractivity contribution is 5.75. The van der Waals surface area contributed by atoms with Gasteiger partial charge in [-0.05, 0) is 30.5 Å². The number of carbonyl (C=O) groups excluding carboxylic acids is 1. The molecular formula is C9H13N3O. The fraction of sp³-hybridized carbons (Fsp3) is 0.333. The summed E-state index contributed by atoms with van der Waals surface area (Å²) in [6.07, 6.45) is 5.67. The van der Waals surface area contributed by atoms with Crippen LogP contribution in [-0.4, -0.2) is 10.9 Å². The fourth-order valence-corrected chi connectivity index (χ4v) is 1.07. The number of aryl methyl sites for hydroxylation is 1. The highest BCUT2D eigenvalue weighted by Crippen LogP contribution is 2.02. The second-order valence-corrected chi connectivity index (χ2v) is 2.78. The maximum atomic E-state index is 10.8. The second kappa shape index (κ2) is 5.27. The number of hydrogen-bond donors (Lipinski definition) is 2. The lowest BCUT2D eigenvalue weighted by Gasteiger charge is -1.99. The van der Waals surface area contributed by atoms with Crippen molar-refractivity contribution in [3.8, 4) is 0 Å². The molecule has 1 heterocycles. The van der Waals surface area contributed by atoms with Gasteiger partial charge in [0.1, 0.15) is 0 Å². The first-order valence-electron chi connectivity index (χ1n) is 4.21. The molecule has 4 nitrogen and oxygen atoms in total. The first kappa shape index (κ1) is 9.67.